The van der Waals surface area contributed by atoms with Crippen LogP contribution in [0.25, 0.3) is 5.69 Å². The molecule has 1 heterocycles. The molecular weight excluding hydrogens is 329 g/mol. The minimum absolute atomic E-state index is 0.146. The number of para-hydroxylation sites is 1. The number of halogens is 1. The first-order chi connectivity index (χ1) is 12.7. The summed E-state index contributed by atoms with van der Waals surface area (Å²) in [6, 6.07) is 16.2. The zero-order valence-corrected chi connectivity index (χ0v) is 14.8. The molecule has 0 unspecified atom stereocenters. The lowest BCUT2D eigenvalue weighted by molar-refractivity contribution is 0.0953. The van der Waals surface area contributed by atoms with Crippen LogP contribution in [0.5, 0.6) is 0 Å². The second kappa shape index (κ2) is 8.43. The van der Waals surface area contributed by atoms with Crippen LogP contribution in [0.2, 0.25) is 0 Å². The molecule has 0 bridgehead atoms. The van der Waals surface area contributed by atoms with E-state index in [2.05, 4.69) is 17.3 Å². The number of hydrogen-bond acceptors (Lipinski definition) is 2. The number of nitrogens with one attached hydrogen (secondary N) is 1. The molecule has 0 radical (unpaired) electrons. The first-order valence-corrected chi connectivity index (χ1v) is 8.84. The van der Waals surface area contributed by atoms with Gasteiger partial charge in [-0.15, -0.1) is 0 Å². The number of carbonyl (C=O) groups excluding carboxylic acids is 1. The van der Waals surface area contributed by atoms with Gasteiger partial charge >= 0.3 is 0 Å². The highest BCUT2D eigenvalue weighted by molar-refractivity contribution is 5.95. The van der Waals surface area contributed by atoms with Crippen molar-refractivity contribution in [2.24, 2.45) is 0 Å². The average molecular weight is 351 g/mol. The second-order valence-electron chi connectivity index (χ2n) is 6.14. The molecule has 4 nitrogen and oxygen atoms in total. The summed E-state index contributed by atoms with van der Waals surface area (Å²) in [7, 11) is 0. The molecular formula is C21H22FN3O. The molecule has 134 valence electrons. The predicted octanol–water partition coefficient (Wildman–Crippen LogP) is 3.94. The Balaban J connectivity index is 1.71. The molecule has 1 amide bonds. The molecule has 0 saturated heterocycles. The smallest absolute Gasteiger partial charge is 0.254 e. The number of hydrogen-bond donors (Lipinski definition) is 1. The van der Waals surface area contributed by atoms with E-state index in [0.29, 0.717) is 18.5 Å². The van der Waals surface area contributed by atoms with Crippen molar-refractivity contribution in [3.05, 3.63) is 83.4 Å². The van der Waals surface area contributed by atoms with Crippen LogP contribution in [0.3, 0.4) is 0 Å². The van der Waals surface area contributed by atoms with Crippen molar-refractivity contribution in [3.8, 4) is 5.69 Å². The number of amides is 1. The van der Waals surface area contributed by atoms with Crippen molar-refractivity contribution in [2.45, 2.75) is 26.2 Å². The number of rotatable bonds is 7. The van der Waals surface area contributed by atoms with E-state index in [4.69, 9.17) is 0 Å². The Kier molecular flexibility index (Phi) is 5.79. The molecule has 0 spiro atoms. The minimum atomic E-state index is -0.261. The molecule has 5 heteroatoms. The van der Waals surface area contributed by atoms with Crippen LogP contribution in [-0.2, 0) is 12.8 Å². The summed E-state index contributed by atoms with van der Waals surface area (Å²) in [5, 5.41) is 7.33. The zero-order valence-electron chi connectivity index (χ0n) is 14.8. The van der Waals surface area contributed by atoms with Gasteiger partial charge in [0.15, 0.2) is 0 Å². The summed E-state index contributed by atoms with van der Waals surface area (Å²) in [6.07, 6.45) is 3.89. The van der Waals surface area contributed by atoms with Gasteiger partial charge in [0.2, 0.25) is 0 Å². The highest BCUT2D eigenvalue weighted by atomic mass is 19.1. The predicted molar refractivity (Wildman–Crippen MR) is 100.0 cm³/mol. The van der Waals surface area contributed by atoms with Crippen LogP contribution in [-0.4, -0.2) is 22.2 Å². The van der Waals surface area contributed by atoms with E-state index in [9.17, 15) is 9.18 Å². The van der Waals surface area contributed by atoms with Crippen molar-refractivity contribution < 1.29 is 9.18 Å². The Hall–Kier alpha value is -2.95. The molecule has 0 aliphatic carbocycles. The molecule has 26 heavy (non-hydrogen) atoms. The first kappa shape index (κ1) is 17.9. The van der Waals surface area contributed by atoms with Crippen LogP contribution in [0.4, 0.5) is 4.39 Å². The van der Waals surface area contributed by atoms with E-state index in [1.807, 2.05) is 41.1 Å². The Morgan fingerprint density at radius 3 is 2.65 bits per heavy atom. The van der Waals surface area contributed by atoms with Gasteiger partial charge in [-0.05, 0) is 42.7 Å². The SMILES string of the molecule is CCCc1c(C(=O)NCCc2cccc(F)c2)cnn1-c1ccccc1. The van der Waals surface area contributed by atoms with E-state index in [0.717, 1.165) is 29.8 Å². The maximum Gasteiger partial charge on any atom is 0.254 e. The van der Waals surface area contributed by atoms with Gasteiger partial charge in [0, 0.05) is 6.54 Å². The molecule has 3 rings (SSSR count). The standard InChI is InChI=1S/C21H22FN3O/c1-2-7-20-19(15-24-25(20)18-10-4-3-5-11-18)21(26)23-13-12-16-8-6-9-17(22)14-16/h3-6,8-11,14-15H,2,7,12-13H2,1H3,(H,23,26). The maximum atomic E-state index is 13.2. The molecule has 0 fully saturated rings. The first-order valence-electron chi connectivity index (χ1n) is 8.84. The van der Waals surface area contributed by atoms with Crippen LogP contribution in [0, 0.1) is 5.82 Å². The summed E-state index contributed by atoms with van der Waals surface area (Å²) in [6.45, 7) is 2.53. The van der Waals surface area contributed by atoms with Gasteiger partial charge in [0.05, 0.1) is 23.1 Å². The zero-order chi connectivity index (χ0) is 18.4. The second-order valence-corrected chi connectivity index (χ2v) is 6.14. The molecule has 0 atom stereocenters. The van der Waals surface area contributed by atoms with Gasteiger partial charge in [0.25, 0.3) is 5.91 Å². The highest BCUT2D eigenvalue weighted by Crippen LogP contribution is 2.17. The van der Waals surface area contributed by atoms with Crippen molar-refractivity contribution in [1.82, 2.24) is 15.1 Å². The quantitative estimate of drug-likeness (QED) is 0.701. The summed E-state index contributed by atoms with van der Waals surface area (Å²) in [5.41, 5.74) is 3.30. The van der Waals surface area contributed by atoms with Crippen LogP contribution < -0.4 is 5.32 Å². The maximum absolute atomic E-state index is 13.2. The van der Waals surface area contributed by atoms with E-state index >= 15 is 0 Å². The lowest BCUT2D eigenvalue weighted by Gasteiger charge is -2.09. The van der Waals surface area contributed by atoms with Gasteiger partial charge in [-0.25, -0.2) is 9.07 Å². The number of aromatic nitrogens is 2. The van der Waals surface area contributed by atoms with Gasteiger partial charge in [0.1, 0.15) is 5.82 Å². The summed E-state index contributed by atoms with van der Waals surface area (Å²) >= 11 is 0. The minimum Gasteiger partial charge on any atom is -0.352 e. The third-order valence-electron chi connectivity index (χ3n) is 4.19. The molecule has 3 aromatic rings. The molecule has 1 aromatic heterocycles. The van der Waals surface area contributed by atoms with Gasteiger partial charge < -0.3 is 5.32 Å². The number of benzene rings is 2. The summed E-state index contributed by atoms with van der Waals surface area (Å²) in [4.78, 5) is 12.6. The van der Waals surface area contributed by atoms with E-state index in [1.54, 1.807) is 12.3 Å². The van der Waals surface area contributed by atoms with Gasteiger partial charge in [-0.2, -0.15) is 5.10 Å². The Bertz CT molecular complexity index is 874. The number of carbonyl (C=O) groups is 1. The average Bonchev–Trinajstić information content (AvgIpc) is 3.06. The number of nitrogens with zero attached hydrogens (tertiary/aromatic N) is 2. The fourth-order valence-corrected chi connectivity index (χ4v) is 2.94. The third kappa shape index (κ3) is 4.17. The third-order valence-corrected chi connectivity index (χ3v) is 4.19. The van der Waals surface area contributed by atoms with Gasteiger partial charge in [-0.1, -0.05) is 43.7 Å². The van der Waals surface area contributed by atoms with Gasteiger partial charge in [-0.3, -0.25) is 4.79 Å². The Labute approximate surface area is 152 Å². The lowest BCUT2D eigenvalue weighted by atomic mass is 10.1. The molecule has 0 aliphatic heterocycles. The van der Waals surface area contributed by atoms with Crippen molar-refractivity contribution >= 4 is 5.91 Å². The molecule has 1 N–H and O–H groups in total. The topological polar surface area (TPSA) is 46.9 Å². The lowest BCUT2D eigenvalue weighted by Crippen LogP contribution is -2.26. The van der Waals surface area contributed by atoms with Crippen LogP contribution in [0.1, 0.15) is 35.0 Å². The van der Waals surface area contributed by atoms with Crippen molar-refractivity contribution in [1.29, 1.82) is 0 Å². The summed E-state index contributed by atoms with van der Waals surface area (Å²) in [5.74, 6) is -0.407. The molecule has 0 saturated carbocycles. The largest absolute Gasteiger partial charge is 0.352 e. The summed E-state index contributed by atoms with van der Waals surface area (Å²) < 4.78 is 15.0. The van der Waals surface area contributed by atoms with Crippen LogP contribution in [0.15, 0.2) is 60.8 Å². The van der Waals surface area contributed by atoms with Crippen molar-refractivity contribution in [3.63, 3.8) is 0 Å². The highest BCUT2D eigenvalue weighted by Gasteiger charge is 2.17. The fraction of sp³-hybridized carbons (Fsp3) is 0.238. The Morgan fingerprint density at radius 1 is 1.12 bits per heavy atom. The normalized spacial score (nSPS) is 10.7. The van der Waals surface area contributed by atoms with E-state index in [1.165, 1.54) is 12.1 Å². The van der Waals surface area contributed by atoms with E-state index < -0.39 is 0 Å². The Morgan fingerprint density at radius 2 is 1.92 bits per heavy atom. The van der Waals surface area contributed by atoms with Crippen molar-refractivity contribution in [2.75, 3.05) is 6.54 Å². The van der Waals surface area contributed by atoms with E-state index in [-0.39, 0.29) is 11.7 Å². The molecule has 0 aliphatic rings. The fourth-order valence-electron chi connectivity index (χ4n) is 2.94. The molecule has 2 aromatic carbocycles. The van der Waals surface area contributed by atoms with Crippen LogP contribution >= 0.6 is 0 Å². The monoisotopic (exact) mass is 351 g/mol.